The minimum absolute atomic E-state index is 0.00273. The van der Waals surface area contributed by atoms with Gasteiger partial charge in [0.2, 0.25) is 5.91 Å². The predicted octanol–water partition coefficient (Wildman–Crippen LogP) is 3.99. The van der Waals surface area contributed by atoms with Crippen LogP contribution in [0.2, 0.25) is 5.02 Å². The van der Waals surface area contributed by atoms with Gasteiger partial charge in [-0.3, -0.25) is 4.79 Å². The van der Waals surface area contributed by atoms with Gasteiger partial charge < -0.3 is 15.0 Å². The summed E-state index contributed by atoms with van der Waals surface area (Å²) in [6.07, 6.45) is 1.55. The highest BCUT2D eigenvalue weighted by Crippen LogP contribution is 2.25. The topological polar surface area (TPSA) is 84.7 Å². The van der Waals surface area contributed by atoms with Crippen LogP contribution in [0.5, 0.6) is 5.75 Å². The number of rotatable bonds is 6. The van der Waals surface area contributed by atoms with Crippen molar-refractivity contribution in [1.29, 1.82) is 0 Å². The molecule has 0 unspecified atom stereocenters. The van der Waals surface area contributed by atoms with Gasteiger partial charge >= 0.3 is 0 Å². The number of aromatic nitrogens is 4. The summed E-state index contributed by atoms with van der Waals surface area (Å²) < 4.78 is 7.01. The fraction of sp³-hybridized carbons (Fsp3) is 0.280. The van der Waals surface area contributed by atoms with E-state index in [9.17, 15) is 4.79 Å². The number of amides is 1. The quantitative estimate of drug-likeness (QED) is 0.453. The van der Waals surface area contributed by atoms with Gasteiger partial charge in [0.15, 0.2) is 11.5 Å². The van der Waals surface area contributed by atoms with Gasteiger partial charge in [-0.05, 0) is 66.9 Å². The molecule has 1 aliphatic rings. The molecule has 0 spiro atoms. The third-order valence-corrected chi connectivity index (χ3v) is 6.42. The number of carbonyl (C=O) groups excluding carboxylic acids is 1. The van der Waals surface area contributed by atoms with Gasteiger partial charge in [0.05, 0.1) is 7.11 Å². The third kappa shape index (κ3) is 4.68. The normalized spacial score (nSPS) is 14.4. The van der Waals surface area contributed by atoms with E-state index in [1.807, 2.05) is 60.7 Å². The summed E-state index contributed by atoms with van der Waals surface area (Å²) in [5.74, 6) is 2.40. The summed E-state index contributed by atoms with van der Waals surface area (Å²) in [5.41, 5.74) is 2.63. The van der Waals surface area contributed by atoms with E-state index in [-0.39, 0.29) is 11.8 Å². The second-order valence-corrected chi connectivity index (χ2v) is 8.76. The maximum atomic E-state index is 12.7. The second-order valence-electron chi connectivity index (χ2n) is 8.32. The van der Waals surface area contributed by atoms with Crippen molar-refractivity contribution in [1.82, 2.24) is 25.1 Å². The Hall–Kier alpha value is -3.65. The Balaban J connectivity index is 1.23. The zero-order valence-electron chi connectivity index (χ0n) is 18.8. The van der Waals surface area contributed by atoms with Crippen molar-refractivity contribution in [2.45, 2.75) is 19.4 Å². The number of nitrogens with zero attached hydrogens (tertiary/aromatic N) is 5. The molecule has 2 aromatic carbocycles. The zero-order chi connectivity index (χ0) is 23.5. The largest absolute Gasteiger partial charge is 0.497 e. The smallest absolute Gasteiger partial charge is 0.223 e. The van der Waals surface area contributed by atoms with Crippen LogP contribution in [0.3, 0.4) is 0 Å². The van der Waals surface area contributed by atoms with Gasteiger partial charge in [-0.2, -0.15) is 4.52 Å². The number of hydrogen-bond acceptors (Lipinski definition) is 6. The minimum atomic E-state index is -0.00273. The first-order valence-electron chi connectivity index (χ1n) is 11.2. The molecular formula is C25H25ClN6O2. The van der Waals surface area contributed by atoms with E-state index in [2.05, 4.69) is 20.4 Å². The highest BCUT2D eigenvalue weighted by atomic mass is 35.5. The molecule has 1 saturated heterocycles. The minimum Gasteiger partial charge on any atom is -0.497 e. The van der Waals surface area contributed by atoms with Gasteiger partial charge in [-0.15, -0.1) is 15.3 Å². The molecule has 4 aromatic rings. The Labute approximate surface area is 202 Å². The monoisotopic (exact) mass is 476 g/mol. The number of halogens is 1. The molecular weight excluding hydrogens is 452 g/mol. The lowest BCUT2D eigenvalue weighted by molar-refractivity contribution is -0.125. The Morgan fingerprint density at radius 1 is 1.03 bits per heavy atom. The standard InChI is InChI=1S/C25H25ClN6O2/c1-34-21-8-4-18(5-9-21)24-29-28-22-10-11-23(30-32(22)24)31-14-12-19(13-15-31)25(33)27-16-17-2-6-20(26)7-3-17/h2-11,19H,12-16H2,1H3,(H,27,33). The van der Waals surface area contributed by atoms with Crippen molar-refractivity contribution >= 4 is 29.0 Å². The highest BCUT2D eigenvalue weighted by molar-refractivity contribution is 6.30. The Bertz CT molecular complexity index is 1280. The molecule has 0 saturated carbocycles. The van der Waals surface area contributed by atoms with Crippen LogP contribution in [0.15, 0.2) is 60.7 Å². The lowest BCUT2D eigenvalue weighted by Crippen LogP contribution is -2.40. The zero-order valence-corrected chi connectivity index (χ0v) is 19.6. The fourth-order valence-electron chi connectivity index (χ4n) is 4.17. The average Bonchev–Trinajstić information content (AvgIpc) is 3.31. The average molecular weight is 477 g/mol. The predicted molar refractivity (Wildman–Crippen MR) is 131 cm³/mol. The number of fused-ring (bicyclic) bond motifs is 1. The summed E-state index contributed by atoms with van der Waals surface area (Å²) in [4.78, 5) is 14.9. The first-order chi connectivity index (χ1) is 16.6. The number of ether oxygens (including phenoxy) is 1. The molecule has 1 N–H and O–H groups in total. The lowest BCUT2D eigenvalue weighted by atomic mass is 9.96. The second kappa shape index (κ2) is 9.69. The summed E-state index contributed by atoms with van der Waals surface area (Å²) in [5, 5.41) is 17.1. The molecule has 0 atom stereocenters. The number of methoxy groups -OCH3 is 1. The van der Waals surface area contributed by atoms with Gasteiger partial charge in [0.1, 0.15) is 11.6 Å². The van der Waals surface area contributed by atoms with Crippen molar-refractivity contribution in [3.8, 4) is 17.1 Å². The molecule has 1 aliphatic heterocycles. The molecule has 5 rings (SSSR count). The van der Waals surface area contributed by atoms with Crippen LogP contribution >= 0.6 is 11.6 Å². The van der Waals surface area contributed by atoms with E-state index in [4.69, 9.17) is 21.4 Å². The summed E-state index contributed by atoms with van der Waals surface area (Å²) >= 11 is 5.93. The van der Waals surface area contributed by atoms with Crippen LogP contribution in [0, 0.1) is 5.92 Å². The van der Waals surface area contributed by atoms with E-state index >= 15 is 0 Å². The number of hydrogen-bond donors (Lipinski definition) is 1. The van der Waals surface area contributed by atoms with Crippen LogP contribution in [0.25, 0.3) is 17.0 Å². The van der Waals surface area contributed by atoms with Gasteiger partial charge in [-0.25, -0.2) is 0 Å². The van der Waals surface area contributed by atoms with E-state index in [1.165, 1.54) is 0 Å². The first kappa shape index (κ1) is 22.2. The Morgan fingerprint density at radius 2 is 1.76 bits per heavy atom. The first-order valence-corrected chi connectivity index (χ1v) is 11.6. The number of piperidine rings is 1. The van der Waals surface area contributed by atoms with Crippen LogP contribution < -0.4 is 15.0 Å². The molecule has 9 heteroatoms. The van der Waals surface area contributed by atoms with Crippen molar-refractivity contribution < 1.29 is 9.53 Å². The summed E-state index contributed by atoms with van der Waals surface area (Å²) in [6.45, 7) is 2.03. The van der Waals surface area contributed by atoms with Crippen molar-refractivity contribution in [3.05, 3.63) is 71.2 Å². The maximum Gasteiger partial charge on any atom is 0.223 e. The summed E-state index contributed by atoms with van der Waals surface area (Å²) in [6, 6.07) is 19.1. The van der Waals surface area contributed by atoms with Gasteiger partial charge in [0.25, 0.3) is 0 Å². The molecule has 1 fully saturated rings. The van der Waals surface area contributed by atoms with Crippen LogP contribution in [-0.2, 0) is 11.3 Å². The van der Waals surface area contributed by atoms with Crippen molar-refractivity contribution in [3.63, 3.8) is 0 Å². The van der Waals surface area contributed by atoms with E-state index in [0.29, 0.717) is 23.0 Å². The molecule has 3 heterocycles. The Kier molecular flexibility index (Phi) is 6.31. The number of nitrogens with one attached hydrogen (secondary N) is 1. The summed E-state index contributed by atoms with van der Waals surface area (Å²) in [7, 11) is 1.64. The van der Waals surface area contributed by atoms with Crippen molar-refractivity contribution in [2.24, 2.45) is 5.92 Å². The third-order valence-electron chi connectivity index (χ3n) is 6.17. The molecule has 8 nitrogen and oxygen atoms in total. The molecule has 2 aromatic heterocycles. The van der Waals surface area contributed by atoms with Crippen LogP contribution in [0.1, 0.15) is 18.4 Å². The highest BCUT2D eigenvalue weighted by Gasteiger charge is 2.26. The molecule has 34 heavy (non-hydrogen) atoms. The van der Waals surface area contributed by atoms with Crippen molar-refractivity contribution in [2.75, 3.05) is 25.1 Å². The molecule has 0 aliphatic carbocycles. The van der Waals surface area contributed by atoms with Crippen LogP contribution in [0.4, 0.5) is 5.82 Å². The van der Waals surface area contributed by atoms with Gasteiger partial charge in [0, 0.05) is 36.1 Å². The number of benzene rings is 2. The van der Waals surface area contributed by atoms with Crippen LogP contribution in [-0.4, -0.2) is 45.9 Å². The number of carbonyl (C=O) groups is 1. The van der Waals surface area contributed by atoms with E-state index in [1.54, 1.807) is 11.6 Å². The maximum absolute atomic E-state index is 12.7. The lowest BCUT2D eigenvalue weighted by Gasteiger charge is -2.32. The van der Waals surface area contributed by atoms with Gasteiger partial charge in [-0.1, -0.05) is 23.7 Å². The SMILES string of the molecule is COc1ccc(-c2nnc3ccc(N4CCC(C(=O)NCc5ccc(Cl)cc5)CC4)nn23)cc1. The number of anilines is 1. The molecule has 0 radical (unpaired) electrons. The molecule has 0 bridgehead atoms. The Morgan fingerprint density at radius 3 is 2.47 bits per heavy atom. The molecule has 174 valence electrons. The van der Waals surface area contributed by atoms with E-state index < -0.39 is 0 Å². The fourth-order valence-corrected chi connectivity index (χ4v) is 4.30. The molecule has 1 amide bonds. The van der Waals surface area contributed by atoms with E-state index in [0.717, 1.165) is 48.6 Å².